The Bertz CT molecular complexity index is 1170. The molecule has 0 fully saturated rings. The van der Waals surface area contributed by atoms with Crippen molar-refractivity contribution in [1.29, 1.82) is 0 Å². The van der Waals surface area contributed by atoms with Crippen LogP contribution in [0.4, 0.5) is 0 Å². The number of benzene rings is 1. The third kappa shape index (κ3) is 3.16. The fourth-order valence-electron chi connectivity index (χ4n) is 2.76. The minimum absolute atomic E-state index is 0.194. The highest BCUT2D eigenvalue weighted by Crippen LogP contribution is 2.29. The van der Waals surface area contributed by atoms with Gasteiger partial charge in [-0.2, -0.15) is 9.06 Å². The van der Waals surface area contributed by atoms with Gasteiger partial charge in [0.25, 0.3) is 5.56 Å². The quantitative estimate of drug-likeness (QED) is 0.495. The Morgan fingerprint density at radius 1 is 1.18 bits per heavy atom. The molecule has 144 valence electrons. The van der Waals surface area contributed by atoms with Crippen molar-refractivity contribution in [3.05, 3.63) is 52.2 Å². The molecule has 1 aromatic carbocycles. The van der Waals surface area contributed by atoms with Crippen LogP contribution in [0.2, 0.25) is 0 Å². The Balaban J connectivity index is 1.77. The molecule has 0 spiro atoms. The van der Waals surface area contributed by atoms with Crippen LogP contribution in [0.3, 0.4) is 0 Å². The lowest BCUT2D eigenvalue weighted by molar-refractivity contribution is 0.630. The van der Waals surface area contributed by atoms with E-state index in [1.807, 2.05) is 58.2 Å². The predicted molar refractivity (Wildman–Crippen MR) is 107 cm³/mol. The fraction of sp³-hybridized carbons (Fsp3) is 0.294. The van der Waals surface area contributed by atoms with Gasteiger partial charge in [-0.15, -0.1) is 5.10 Å². The van der Waals surface area contributed by atoms with E-state index in [1.54, 1.807) is 9.36 Å². The number of hydrogen-bond acceptors (Lipinski definition) is 8. The van der Waals surface area contributed by atoms with Crippen LogP contribution in [0.5, 0.6) is 0 Å². The van der Waals surface area contributed by atoms with Gasteiger partial charge in [0.15, 0.2) is 10.0 Å². The predicted octanol–water partition coefficient (Wildman–Crippen LogP) is 2.59. The summed E-state index contributed by atoms with van der Waals surface area (Å²) in [5, 5.41) is 12.4. The molecule has 3 heterocycles. The molecule has 0 unspecified atom stereocenters. The van der Waals surface area contributed by atoms with Crippen molar-refractivity contribution < 1.29 is 0 Å². The van der Waals surface area contributed by atoms with Gasteiger partial charge in [0.2, 0.25) is 5.16 Å². The molecule has 9 nitrogen and oxygen atoms in total. The van der Waals surface area contributed by atoms with E-state index in [-0.39, 0.29) is 11.5 Å². The molecule has 0 saturated carbocycles. The number of aromatic nitrogens is 8. The second-order valence-corrected chi connectivity index (χ2v) is 8.42. The molecule has 0 bridgehead atoms. The number of tetrazole rings is 1. The highest BCUT2D eigenvalue weighted by Gasteiger charge is 2.23. The Kier molecular flexibility index (Phi) is 4.85. The van der Waals surface area contributed by atoms with Gasteiger partial charge in [0.1, 0.15) is 5.82 Å². The van der Waals surface area contributed by atoms with Crippen LogP contribution in [0.25, 0.3) is 11.4 Å². The van der Waals surface area contributed by atoms with Crippen molar-refractivity contribution in [2.75, 3.05) is 0 Å². The zero-order chi connectivity index (χ0) is 19.8. The molecular formula is C17H18N8OS2. The summed E-state index contributed by atoms with van der Waals surface area (Å²) in [6.45, 7) is 5.95. The molecule has 0 aliphatic carbocycles. The van der Waals surface area contributed by atoms with E-state index < -0.39 is 0 Å². The Morgan fingerprint density at radius 3 is 2.61 bits per heavy atom. The van der Waals surface area contributed by atoms with Crippen molar-refractivity contribution in [3.8, 4) is 11.4 Å². The first-order valence-electron chi connectivity index (χ1n) is 8.61. The monoisotopic (exact) mass is 414 g/mol. The molecule has 11 heteroatoms. The number of rotatable bonds is 5. The summed E-state index contributed by atoms with van der Waals surface area (Å²) >= 11 is 2.59. The van der Waals surface area contributed by atoms with E-state index in [1.165, 1.54) is 28.0 Å². The highest BCUT2D eigenvalue weighted by molar-refractivity contribution is 8.00. The third-order valence-corrected chi connectivity index (χ3v) is 6.00. The molecule has 0 radical (unpaired) electrons. The summed E-state index contributed by atoms with van der Waals surface area (Å²) < 4.78 is 9.95. The normalized spacial score (nSPS) is 11.5. The number of para-hydroxylation sites is 1. The van der Waals surface area contributed by atoms with E-state index in [0.29, 0.717) is 10.8 Å². The van der Waals surface area contributed by atoms with Crippen LogP contribution in [0, 0.1) is 6.92 Å². The van der Waals surface area contributed by atoms with E-state index >= 15 is 0 Å². The van der Waals surface area contributed by atoms with Crippen molar-refractivity contribution in [2.45, 2.75) is 36.2 Å². The first-order valence-corrected chi connectivity index (χ1v) is 10.2. The summed E-state index contributed by atoms with van der Waals surface area (Å²) in [6, 6.07) is 9.46. The fourth-order valence-corrected chi connectivity index (χ4v) is 4.38. The Labute approximate surface area is 169 Å². The van der Waals surface area contributed by atoms with Gasteiger partial charge in [-0.05, 0) is 52.8 Å². The Hall–Kier alpha value is -2.79. The molecule has 0 aliphatic rings. The van der Waals surface area contributed by atoms with Gasteiger partial charge < -0.3 is 0 Å². The van der Waals surface area contributed by atoms with Crippen molar-refractivity contribution in [2.24, 2.45) is 7.05 Å². The van der Waals surface area contributed by atoms with E-state index in [0.717, 1.165) is 21.5 Å². The highest BCUT2D eigenvalue weighted by atomic mass is 32.2. The van der Waals surface area contributed by atoms with E-state index in [4.69, 9.17) is 0 Å². The van der Waals surface area contributed by atoms with E-state index in [2.05, 4.69) is 24.9 Å². The Morgan fingerprint density at radius 2 is 1.93 bits per heavy atom. The maximum atomic E-state index is 13.2. The second kappa shape index (κ2) is 7.32. The molecule has 0 amide bonds. The van der Waals surface area contributed by atoms with E-state index in [9.17, 15) is 4.79 Å². The van der Waals surface area contributed by atoms with Crippen molar-refractivity contribution in [1.82, 2.24) is 38.9 Å². The summed E-state index contributed by atoms with van der Waals surface area (Å²) in [7, 11) is 1.84. The van der Waals surface area contributed by atoms with Gasteiger partial charge in [0, 0.05) is 13.0 Å². The summed E-state index contributed by atoms with van der Waals surface area (Å²) in [5.74, 6) is 1.03. The smallest absolute Gasteiger partial charge is 0.283 e. The van der Waals surface area contributed by atoms with Crippen LogP contribution < -0.4 is 5.56 Å². The summed E-state index contributed by atoms with van der Waals surface area (Å²) in [5.41, 5.74) is 1.74. The zero-order valence-corrected chi connectivity index (χ0v) is 17.4. The van der Waals surface area contributed by atoms with Crippen molar-refractivity contribution in [3.63, 3.8) is 0 Å². The lowest BCUT2D eigenvalue weighted by Gasteiger charge is -2.07. The minimum Gasteiger partial charge on any atom is -0.283 e. The first-order chi connectivity index (χ1) is 13.5. The maximum absolute atomic E-state index is 13.2. The van der Waals surface area contributed by atoms with Crippen LogP contribution >= 0.6 is 23.3 Å². The summed E-state index contributed by atoms with van der Waals surface area (Å²) in [4.78, 5) is 17.7. The molecule has 0 N–H and O–H groups in total. The van der Waals surface area contributed by atoms with Crippen LogP contribution in [-0.2, 0) is 7.05 Å². The first kappa shape index (κ1) is 18.6. The largest absolute Gasteiger partial charge is 0.297 e. The average molecular weight is 415 g/mol. The molecule has 0 aliphatic heterocycles. The van der Waals surface area contributed by atoms with Crippen LogP contribution in [-0.4, -0.2) is 38.9 Å². The minimum atomic E-state index is -0.194. The van der Waals surface area contributed by atoms with Crippen LogP contribution in [0.1, 0.15) is 31.3 Å². The standard InChI is InChI=1S/C17H18N8OS2/c1-10(2)14-18-17(28-20-14)27-16-19-21-22-24(16)13-11(3)23(4)25(15(13)26)12-8-6-5-7-9-12/h5-10H,1-4H3. The molecule has 0 atom stereocenters. The molecule has 4 aromatic rings. The summed E-state index contributed by atoms with van der Waals surface area (Å²) in [6.07, 6.45) is 0. The third-order valence-electron chi connectivity index (χ3n) is 4.29. The molecule has 28 heavy (non-hydrogen) atoms. The van der Waals surface area contributed by atoms with Gasteiger partial charge in [-0.3, -0.25) is 9.48 Å². The van der Waals surface area contributed by atoms with Gasteiger partial charge >= 0.3 is 0 Å². The zero-order valence-electron chi connectivity index (χ0n) is 15.8. The number of nitrogens with zero attached hydrogens (tertiary/aromatic N) is 8. The lowest BCUT2D eigenvalue weighted by atomic mass is 10.2. The second-order valence-electron chi connectivity index (χ2n) is 6.46. The maximum Gasteiger partial charge on any atom is 0.297 e. The molecule has 4 rings (SSSR count). The SMILES string of the molecule is Cc1c(-n2nnnc2Sc2nc(C(C)C)ns2)c(=O)n(-c2ccccc2)n1C. The number of hydrogen-bond donors (Lipinski definition) is 0. The van der Waals surface area contributed by atoms with Gasteiger partial charge in [-0.1, -0.05) is 32.0 Å². The average Bonchev–Trinajstić information content (AvgIpc) is 3.37. The molecule has 0 saturated heterocycles. The molecular weight excluding hydrogens is 396 g/mol. The van der Waals surface area contributed by atoms with Gasteiger partial charge in [-0.25, -0.2) is 9.67 Å². The van der Waals surface area contributed by atoms with Crippen LogP contribution in [0.15, 0.2) is 44.6 Å². The topological polar surface area (TPSA) is 96.3 Å². The molecule has 3 aromatic heterocycles. The van der Waals surface area contributed by atoms with Gasteiger partial charge in [0.05, 0.1) is 11.4 Å². The lowest BCUT2D eigenvalue weighted by Crippen LogP contribution is -2.21. The van der Waals surface area contributed by atoms with Crippen molar-refractivity contribution >= 4 is 23.3 Å².